The highest BCUT2D eigenvalue weighted by atomic mass is 32.1. The first kappa shape index (κ1) is 20.0. The van der Waals surface area contributed by atoms with E-state index in [-0.39, 0.29) is 5.91 Å². The van der Waals surface area contributed by atoms with E-state index >= 15 is 0 Å². The second kappa shape index (κ2) is 8.61. The molecule has 0 spiro atoms. The van der Waals surface area contributed by atoms with Crippen LogP contribution in [0.5, 0.6) is 0 Å². The predicted molar refractivity (Wildman–Crippen MR) is 117 cm³/mol. The number of nitrogens with zero attached hydrogens (tertiary/aromatic N) is 2. The van der Waals surface area contributed by atoms with Crippen molar-refractivity contribution in [1.29, 1.82) is 0 Å². The number of fused-ring (bicyclic) bond motifs is 1. The Balaban J connectivity index is 1.66. The molecular weight excluding hydrogens is 406 g/mol. The van der Waals surface area contributed by atoms with E-state index in [1.807, 2.05) is 17.5 Å². The van der Waals surface area contributed by atoms with Crippen LogP contribution in [0.25, 0.3) is 10.2 Å². The summed E-state index contributed by atoms with van der Waals surface area (Å²) in [6.45, 7) is 4.14. The van der Waals surface area contributed by atoms with Crippen molar-refractivity contribution in [2.75, 3.05) is 19.0 Å². The number of carbonyl (C=O) groups is 2. The summed E-state index contributed by atoms with van der Waals surface area (Å²) in [6, 6.07) is 6.23. The molecule has 1 amide bonds. The van der Waals surface area contributed by atoms with Gasteiger partial charge in [-0.15, -0.1) is 11.3 Å². The normalized spacial score (nSPS) is 17.4. The molecule has 1 fully saturated rings. The average Bonchev–Trinajstić information content (AvgIpc) is 3.38. The van der Waals surface area contributed by atoms with Gasteiger partial charge >= 0.3 is 5.97 Å². The molecule has 1 N–H and O–H groups in total. The second-order valence-electron chi connectivity index (χ2n) is 7.23. The molecule has 152 valence electrons. The number of nitrogens with one attached hydrogen (secondary N) is 1. The summed E-state index contributed by atoms with van der Waals surface area (Å²) >= 11 is 2.71. The Morgan fingerprint density at radius 3 is 2.90 bits per heavy atom. The molecule has 0 aromatic carbocycles. The third kappa shape index (κ3) is 4.19. The van der Waals surface area contributed by atoms with Crippen molar-refractivity contribution in [3.05, 3.63) is 45.1 Å². The molecule has 29 heavy (non-hydrogen) atoms. The van der Waals surface area contributed by atoms with Crippen LogP contribution < -0.4 is 5.32 Å². The number of piperidine rings is 1. The number of esters is 1. The van der Waals surface area contributed by atoms with Crippen LogP contribution in [0.15, 0.2) is 29.0 Å². The Morgan fingerprint density at radius 2 is 2.17 bits per heavy atom. The number of hydrogen-bond acceptors (Lipinski definition) is 7. The molecule has 0 saturated carbocycles. The van der Waals surface area contributed by atoms with Gasteiger partial charge in [-0.1, -0.05) is 6.42 Å². The van der Waals surface area contributed by atoms with E-state index in [9.17, 15) is 9.59 Å². The average molecular weight is 430 g/mol. The van der Waals surface area contributed by atoms with Crippen LogP contribution in [-0.2, 0) is 11.3 Å². The maximum atomic E-state index is 12.6. The van der Waals surface area contributed by atoms with E-state index in [1.54, 1.807) is 11.4 Å². The smallest absolute Gasteiger partial charge is 0.350 e. The molecule has 4 heterocycles. The van der Waals surface area contributed by atoms with Gasteiger partial charge in [0.25, 0.3) is 5.91 Å². The molecule has 1 atom stereocenters. The largest absolute Gasteiger partial charge is 0.465 e. The topological polar surface area (TPSA) is 71.5 Å². The fourth-order valence-electron chi connectivity index (χ4n) is 3.65. The summed E-state index contributed by atoms with van der Waals surface area (Å²) in [5.41, 5.74) is 2.01. The van der Waals surface area contributed by atoms with Crippen molar-refractivity contribution < 1.29 is 14.3 Å². The van der Waals surface area contributed by atoms with Gasteiger partial charge in [0.05, 0.1) is 24.1 Å². The fraction of sp³-hybridized carbons (Fsp3) is 0.381. The molecule has 8 heteroatoms. The Bertz CT molecular complexity index is 1030. The van der Waals surface area contributed by atoms with Gasteiger partial charge in [-0.05, 0) is 49.9 Å². The third-order valence-electron chi connectivity index (χ3n) is 5.31. The lowest BCUT2D eigenvalue weighted by Crippen LogP contribution is -2.36. The minimum Gasteiger partial charge on any atom is -0.465 e. The lowest BCUT2D eigenvalue weighted by atomic mass is 10.0. The zero-order chi connectivity index (χ0) is 20.4. The minimum atomic E-state index is -0.472. The molecule has 0 unspecified atom stereocenters. The van der Waals surface area contributed by atoms with Gasteiger partial charge in [0.15, 0.2) is 0 Å². The molecule has 0 bridgehead atoms. The quantitative estimate of drug-likeness (QED) is 0.592. The van der Waals surface area contributed by atoms with Crippen LogP contribution in [-0.4, -0.2) is 41.5 Å². The van der Waals surface area contributed by atoms with Gasteiger partial charge in [0, 0.05) is 23.4 Å². The van der Waals surface area contributed by atoms with Crippen molar-refractivity contribution >= 4 is 50.5 Å². The number of rotatable bonds is 5. The monoisotopic (exact) mass is 429 g/mol. The standard InChI is InChI=1S/C21H23N3O3S2/c1-13-5-3-4-9-24(13)11-15-6-7-16-17(23-19(25)14-8-10-28-12-14)18(21(26)27-2)29-20(16)22-15/h6-8,10,12-13H,3-5,9,11H2,1-2H3,(H,23,25)/t13-/m0/s1. The first-order chi connectivity index (χ1) is 14.1. The van der Waals surface area contributed by atoms with E-state index in [0.29, 0.717) is 22.2 Å². The zero-order valence-electron chi connectivity index (χ0n) is 16.4. The number of hydrogen-bond donors (Lipinski definition) is 1. The minimum absolute atomic E-state index is 0.248. The van der Waals surface area contributed by atoms with Gasteiger partial charge in [-0.25, -0.2) is 9.78 Å². The van der Waals surface area contributed by atoms with E-state index in [1.165, 1.54) is 49.0 Å². The van der Waals surface area contributed by atoms with Crippen LogP contribution >= 0.6 is 22.7 Å². The molecule has 1 aliphatic heterocycles. The van der Waals surface area contributed by atoms with Crippen molar-refractivity contribution in [2.24, 2.45) is 0 Å². The third-order valence-corrected chi connectivity index (χ3v) is 7.07. The number of carbonyl (C=O) groups excluding carboxylic acids is 2. The van der Waals surface area contributed by atoms with E-state index in [4.69, 9.17) is 9.72 Å². The molecule has 3 aromatic rings. The summed E-state index contributed by atoms with van der Waals surface area (Å²) in [5, 5.41) is 7.26. The highest BCUT2D eigenvalue weighted by Gasteiger charge is 2.23. The van der Waals surface area contributed by atoms with Crippen molar-refractivity contribution in [1.82, 2.24) is 9.88 Å². The fourth-order valence-corrected chi connectivity index (χ4v) is 5.35. The molecule has 0 radical (unpaired) electrons. The zero-order valence-corrected chi connectivity index (χ0v) is 18.1. The molecular formula is C21H23N3O3S2. The summed E-state index contributed by atoms with van der Waals surface area (Å²) in [7, 11) is 1.34. The van der Waals surface area contributed by atoms with Crippen LogP contribution in [0.2, 0.25) is 0 Å². The van der Waals surface area contributed by atoms with Gasteiger partial charge in [-0.2, -0.15) is 11.3 Å². The van der Waals surface area contributed by atoms with Gasteiger partial charge in [0.2, 0.25) is 0 Å². The molecule has 1 aliphatic rings. The molecule has 4 rings (SSSR count). The molecule has 1 saturated heterocycles. The van der Waals surface area contributed by atoms with Crippen LogP contribution in [0, 0.1) is 0 Å². The molecule has 3 aromatic heterocycles. The van der Waals surface area contributed by atoms with Crippen LogP contribution in [0.1, 0.15) is 51.9 Å². The van der Waals surface area contributed by atoms with Gasteiger partial charge in [-0.3, -0.25) is 9.69 Å². The van der Waals surface area contributed by atoms with Crippen molar-refractivity contribution in [3.63, 3.8) is 0 Å². The first-order valence-corrected chi connectivity index (χ1v) is 11.4. The summed E-state index contributed by atoms with van der Waals surface area (Å²) in [5.74, 6) is -0.720. The number of thiophene rings is 2. The number of ether oxygens (including phenoxy) is 1. The van der Waals surface area contributed by atoms with E-state index in [2.05, 4.69) is 17.1 Å². The van der Waals surface area contributed by atoms with Crippen LogP contribution in [0.4, 0.5) is 5.69 Å². The summed E-state index contributed by atoms with van der Waals surface area (Å²) in [4.78, 5) is 33.2. The van der Waals surface area contributed by atoms with E-state index < -0.39 is 5.97 Å². The number of anilines is 1. The van der Waals surface area contributed by atoms with E-state index in [0.717, 1.165) is 29.0 Å². The number of amides is 1. The number of aromatic nitrogens is 1. The number of pyridine rings is 1. The SMILES string of the molecule is COC(=O)c1sc2nc(CN3CCCC[C@@H]3C)ccc2c1NC(=O)c1ccsc1. The highest BCUT2D eigenvalue weighted by molar-refractivity contribution is 7.21. The Morgan fingerprint density at radius 1 is 1.31 bits per heavy atom. The summed E-state index contributed by atoms with van der Waals surface area (Å²) < 4.78 is 4.93. The Labute approximate surface area is 177 Å². The Hall–Kier alpha value is -2.29. The first-order valence-electron chi connectivity index (χ1n) is 9.65. The maximum absolute atomic E-state index is 12.6. The van der Waals surface area contributed by atoms with Gasteiger partial charge < -0.3 is 10.1 Å². The lowest BCUT2D eigenvalue weighted by Gasteiger charge is -2.32. The summed E-state index contributed by atoms with van der Waals surface area (Å²) in [6.07, 6.45) is 3.72. The highest BCUT2D eigenvalue weighted by Crippen LogP contribution is 2.36. The van der Waals surface area contributed by atoms with Gasteiger partial charge in [0.1, 0.15) is 9.71 Å². The molecule has 6 nitrogen and oxygen atoms in total. The number of methoxy groups -OCH3 is 1. The maximum Gasteiger partial charge on any atom is 0.350 e. The second-order valence-corrected chi connectivity index (χ2v) is 9.01. The Kier molecular flexibility index (Phi) is 5.94. The van der Waals surface area contributed by atoms with Crippen molar-refractivity contribution in [3.8, 4) is 0 Å². The molecule has 0 aliphatic carbocycles. The number of likely N-dealkylation sites (tertiary alicyclic amines) is 1. The van der Waals surface area contributed by atoms with Crippen LogP contribution in [0.3, 0.4) is 0 Å². The lowest BCUT2D eigenvalue weighted by molar-refractivity contribution is 0.0607. The predicted octanol–water partition coefficient (Wildman–Crippen LogP) is 4.77. The van der Waals surface area contributed by atoms with Crippen molar-refractivity contribution in [2.45, 2.75) is 38.8 Å².